The van der Waals surface area contributed by atoms with Gasteiger partial charge in [0.25, 0.3) is 0 Å². The minimum Gasteiger partial charge on any atom is -0.466 e. The zero-order chi connectivity index (χ0) is 11.4. The normalized spacial score (nSPS) is 25.7. The van der Waals surface area contributed by atoms with Crippen molar-refractivity contribution < 1.29 is 14.3 Å². The summed E-state index contributed by atoms with van der Waals surface area (Å²) in [5.41, 5.74) is 0. The molecule has 1 rings (SSSR count). The van der Waals surface area contributed by atoms with Gasteiger partial charge in [-0.3, -0.25) is 9.59 Å². The molecule has 15 heavy (non-hydrogen) atoms. The number of ether oxygens (including phenoxy) is 1. The van der Waals surface area contributed by atoms with Crippen LogP contribution in [0.4, 0.5) is 0 Å². The fraction of sp³-hybridized carbons (Fsp3) is 0.667. The molecule has 0 heterocycles. The average molecular weight is 210 g/mol. The molecule has 2 atom stereocenters. The average Bonchev–Trinajstić information content (AvgIpc) is 2.17. The van der Waals surface area contributed by atoms with Crippen molar-refractivity contribution in [2.45, 2.75) is 27.2 Å². The maximum absolute atomic E-state index is 11.7. The van der Waals surface area contributed by atoms with Crippen LogP contribution in [-0.4, -0.2) is 18.4 Å². The summed E-state index contributed by atoms with van der Waals surface area (Å²) in [5, 5.41) is 0. The number of ketones is 1. The molecule has 3 heteroatoms. The van der Waals surface area contributed by atoms with Crippen molar-refractivity contribution in [2.24, 2.45) is 17.8 Å². The van der Waals surface area contributed by atoms with E-state index in [1.807, 2.05) is 6.08 Å². The Balaban J connectivity index is 2.79. The predicted octanol–water partition coefficient (Wildman–Crippen LogP) is 1.97. The van der Waals surface area contributed by atoms with E-state index in [2.05, 4.69) is 13.8 Å². The molecule has 0 bridgehead atoms. The molecular weight excluding hydrogens is 192 g/mol. The van der Waals surface area contributed by atoms with E-state index in [4.69, 9.17) is 4.74 Å². The van der Waals surface area contributed by atoms with Crippen molar-refractivity contribution >= 4 is 11.8 Å². The molecule has 1 aliphatic rings. The van der Waals surface area contributed by atoms with E-state index in [-0.39, 0.29) is 30.0 Å². The van der Waals surface area contributed by atoms with Crippen LogP contribution in [0.3, 0.4) is 0 Å². The number of rotatable bonds is 3. The monoisotopic (exact) mass is 210 g/mol. The second-order valence-corrected chi connectivity index (χ2v) is 4.21. The summed E-state index contributed by atoms with van der Waals surface area (Å²) in [6.45, 7) is 6.26. The van der Waals surface area contributed by atoms with Crippen molar-refractivity contribution in [3.8, 4) is 0 Å². The highest BCUT2D eigenvalue weighted by molar-refractivity contribution is 5.94. The number of allylic oxidation sites excluding steroid dienone is 2. The Labute approximate surface area is 90.5 Å². The van der Waals surface area contributed by atoms with Crippen LogP contribution < -0.4 is 0 Å². The molecule has 0 saturated heterocycles. The lowest BCUT2D eigenvalue weighted by molar-refractivity contribution is -0.151. The highest BCUT2D eigenvalue weighted by atomic mass is 16.5. The number of carbonyl (C=O) groups is 2. The molecule has 0 spiro atoms. The minimum atomic E-state index is -0.289. The van der Waals surface area contributed by atoms with E-state index in [1.54, 1.807) is 13.0 Å². The molecule has 1 aliphatic carbocycles. The molecule has 0 saturated carbocycles. The van der Waals surface area contributed by atoms with Crippen LogP contribution in [0.15, 0.2) is 12.2 Å². The molecule has 3 nitrogen and oxygen atoms in total. The summed E-state index contributed by atoms with van der Waals surface area (Å²) in [4.78, 5) is 22.9. The van der Waals surface area contributed by atoms with E-state index < -0.39 is 0 Å². The maximum atomic E-state index is 11.7. The van der Waals surface area contributed by atoms with Crippen LogP contribution in [0, 0.1) is 17.8 Å². The van der Waals surface area contributed by atoms with E-state index in [0.29, 0.717) is 12.5 Å². The lowest BCUT2D eigenvalue weighted by Gasteiger charge is -2.27. The molecule has 0 N–H and O–H groups in total. The number of carbonyl (C=O) groups excluding carboxylic acids is 2. The summed E-state index contributed by atoms with van der Waals surface area (Å²) in [5.74, 6) is -0.0354. The largest absolute Gasteiger partial charge is 0.466 e. The Morgan fingerprint density at radius 1 is 1.60 bits per heavy atom. The van der Waals surface area contributed by atoms with Gasteiger partial charge in [0.05, 0.1) is 12.5 Å². The van der Waals surface area contributed by atoms with Gasteiger partial charge in [-0.25, -0.2) is 0 Å². The number of esters is 1. The third-order valence-electron chi connectivity index (χ3n) is 2.75. The lowest BCUT2D eigenvalue weighted by atomic mass is 9.77. The van der Waals surface area contributed by atoms with Crippen LogP contribution in [0.1, 0.15) is 27.2 Å². The van der Waals surface area contributed by atoms with Gasteiger partial charge in [0.1, 0.15) is 0 Å². The Bertz CT molecular complexity index is 279. The van der Waals surface area contributed by atoms with E-state index >= 15 is 0 Å². The molecule has 0 aromatic heterocycles. The smallest absolute Gasteiger partial charge is 0.309 e. The van der Waals surface area contributed by atoms with Crippen LogP contribution in [0.2, 0.25) is 0 Å². The molecule has 0 amide bonds. The SMILES string of the molecule is CCOC(=O)[C@H]1CC(=O)C=C[C@@H]1C(C)C. The lowest BCUT2D eigenvalue weighted by Crippen LogP contribution is -2.32. The van der Waals surface area contributed by atoms with Gasteiger partial charge in [0.15, 0.2) is 5.78 Å². The Morgan fingerprint density at radius 3 is 2.80 bits per heavy atom. The Kier molecular flexibility index (Phi) is 4.06. The molecule has 0 radical (unpaired) electrons. The first kappa shape index (κ1) is 12.0. The van der Waals surface area contributed by atoms with Gasteiger partial charge in [0.2, 0.25) is 0 Å². The topological polar surface area (TPSA) is 43.4 Å². The van der Waals surface area contributed by atoms with E-state index in [0.717, 1.165) is 0 Å². The fourth-order valence-electron chi connectivity index (χ4n) is 1.95. The van der Waals surface area contributed by atoms with Crippen LogP contribution >= 0.6 is 0 Å². The maximum Gasteiger partial charge on any atom is 0.309 e. The van der Waals surface area contributed by atoms with Gasteiger partial charge < -0.3 is 4.74 Å². The Hall–Kier alpha value is -1.12. The second kappa shape index (κ2) is 5.10. The zero-order valence-corrected chi connectivity index (χ0v) is 9.53. The summed E-state index contributed by atoms with van der Waals surface area (Å²) >= 11 is 0. The Morgan fingerprint density at radius 2 is 2.27 bits per heavy atom. The third-order valence-corrected chi connectivity index (χ3v) is 2.75. The summed E-state index contributed by atoms with van der Waals surface area (Å²) in [6, 6.07) is 0. The van der Waals surface area contributed by atoms with Gasteiger partial charge in [-0.15, -0.1) is 0 Å². The number of hydrogen-bond acceptors (Lipinski definition) is 3. The number of hydrogen-bond donors (Lipinski definition) is 0. The fourth-order valence-corrected chi connectivity index (χ4v) is 1.95. The molecule has 0 aromatic rings. The van der Waals surface area contributed by atoms with E-state index in [9.17, 15) is 9.59 Å². The molecule has 0 fully saturated rings. The highest BCUT2D eigenvalue weighted by Crippen LogP contribution is 2.30. The summed E-state index contributed by atoms with van der Waals surface area (Å²) in [7, 11) is 0. The van der Waals surface area contributed by atoms with Crippen LogP contribution in [-0.2, 0) is 14.3 Å². The van der Waals surface area contributed by atoms with Gasteiger partial charge in [0, 0.05) is 6.42 Å². The zero-order valence-electron chi connectivity index (χ0n) is 9.53. The third kappa shape index (κ3) is 2.91. The van der Waals surface area contributed by atoms with E-state index in [1.165, 1.54) is 0 Å². The van der Waals surface area contributed by atoms with Gasteiger partial charge in [-0.1, -0.05) is 19.9 Å². The molecule has 0 unspecified atom stereocenters. The van der Waals surface area contributed by atoms with Crippen molar-refractivity contribution in [1.82, 2.24) is 0 Å². The quantitative estimate of drug-likeness (QED) is 0.669. The van der Waals surface area contributed by atoms with Gasteiger partial charge in [-0.05, 0) is 24.8 Å². The van der Waals surface area contributed by atoms with Gasteiger partial charge >= 0.3 is 5.97 Å². The van der Waals surface area contributed by atoms with Crippen molar-refractivity contribution in [1.29, 1.82) is 0 Å². The summed E-state index contributed by atoms with van der Waals surface area (Å²) in [6.07, 6.45) is 3.72. The predicted molar refractivity (Wildman–Crippen MR) is 57.2 cm³/mol. The first-order chi connectivity index (χ1) is 7.06. The standard InChI is InChI=1S/C12H18O3/c1-4-15-12(14)11-7-9(13)5-6-10(11)8(2)3/h5-6,8,10-11H,4,7H2,1-3H3/t10-,11+/m1/s1. The first-order valence-corrected chi connectivity index (χ1v) is 5.44. The van der Waals surface area contributed by atoms with Crippen LogP contribution in [0.25, 0.3) is 0 Å². The van der Waals surface area contributed by atoms with Crippen molar-refractivity contribution in [2.75, 3.05) is 6.61 Å². The van der Waals surface area contributed by atoms with Crippen LogP contribution in [0.5, 0.6) is 0 Å². The first-order valence-electron chi connectivity index (χ1n) is 5.44. The van der Waals surface area contributed by atoms with Crippen molar-refractivity contribution in [3.63, 3.8) is 0 Å². The molecule has 0 aliphatic heterocycles. The molecule has 84 valence electrons. The van der Waals surface area contributed by atoms with Gasteiger partial charge in [-0.2, -0.15) is 0 Å². The minimum absolute atomic E-state index is 0.0185. The highest BCUT2D eigenvalue weighted by Gasteiger charge is 2.33. The molecular formula is C12H18O3. The second-order valence-electron chi connectivity index (χ2n) is 4.21. The van der Waals surface area contributed by atoms with Crippen molar-refractivity contribution in [3.05, 3.63) is 12.2 Å². The molecule has 0 aromatic carbocycles. The summed E-state index contributed by atoms with van der Waals surface area (Å²) < 4.78 is 4.99.